The van der Waals surface area contributed by atoms with Gasteiger partial charge in [-0.25, -0.2) is 4.98 Å². The molecule has 1 aliphatic rings. The zero-order chi connectivity index (χ0) is 19.5. The summed E-state index contributed by atoms with van der Waals surface area (Å²) in [6.07, 6.45) is 2.15. The molecular weight excluding hydrogens is 374 g/mol. The number of fused-ring (bicyclic) bond motifs is 1. The van der Waals surface area contributed by atoms with Crippen molar-refractivity contribution in [1.29, 1.82) is 0 Å². The van der Waals surface area contributed by atoms with E-state index >= 15 is 0 Å². The first-order valence-electron chi connectivity index (χ1n) is 9.53. The van der Waals surface area contributed by atoms with Gasteiger partial charge in [-0.1, -0.05) is 23.7 Å². The van der Waals surface area contributed by atoms with E-state index < -0.39 is 0 Å². The minimum absolute atomic E-state index is 0.0320. The molecule has 6 nitrogen and oxygen atoms in total. The summed E-state index contributed by atoms with van der Waals surface area (Å²) in [6, 6.07) is 13.6. The van der Waals surface area contributed by atoms with Crippen molar-refractivity contribution < 1.29 is 4.79 Å². The van der Waals surface area contributed by atoms with Crippen LogP contribution in [-0.2, 0) is 11.3 Å². The predicted molar refractivity (Wildman–Crippen MR) is 114 cm³/mol. The van der Waals surface area contributed by atoms with Crippen molar-refractivity contribution >= 4 is 39.9 Å². The van der Waals surface area contributed by atoms with Crippen LogP contribution in [0.4, 0.5) is 11.4 Å². The molecular formula is C21H24ClN5O. The number of piperazine rings is 1. The number of benzene rings is 2. The lowest BCUT2D eigenvalue weighted by molar-refractivity contribution is -0.116. The lowest BCUT2D eigenvalue weighted by Gasteiger charge is -2.35. The fourth-order valence-corrected chi connectivity index (χ4v) is 3.73. The maximum atomic E-state index is 12.6. The highest BCUT2D eigenvalue weighted by Crippen LogP contribution is 2.30. The molecule has 0 unspecified atom stereocenters. The molecule has 0 saturated carbocycles. The second-order valence-corrected chi connectivity index (χ2v) is 7.61. The maximum Gasteiger partial charge on any atom is 0.226 e. The Hall–Kier alpha value is -2.57. The largest absolute Gasteiger partial charge is 0.367 e. The van der Waals surface area contributed by atoms with Crippen molar-refractivity contribution in [2.24, 2.45) is 0 Å². The Morgan fingerprint density at radius 2 is 1.93 bits per heavy atom. The van der Waals surface area contributed by atoms with Crippen LogP contribution in [0.1, 0.15) is 6.42 Å². The highest BCUT2D eigenvalue weighted by Gasteiger charge is 2.18. The second-order valence-electron chi connectivity index (χ2n) is 7.18. The van der Waals surface area contributed by atoms with Gasteiger partial charge >= 0.3 is 0 Å². The highest BCUT2D eigenvalue weighted by atomic mass is 35.5. The molecule has 1 aromatic heterocycles. The van der Waals surface area contributed by atoms with Crippen molar-refractivity contribution in [1.82, 2.24) is 14.5 Å². The summed E-state index contributed by atoms with van der Waals surface area (Å²) < 4.78 is 2.01. The number of halogens is 1. The first kappa shape index (κ1) is 18.8. The number of carbonyl (C=O) groups is 1. The van der Waals surface area contributed by atoms with Gasteiger partial charge in [-0.05, 0) is 37.4 Å². The first-order chi connectivity index (χ1) is 13.6. The lowest BCUT2D eigenvalue weighted by atomic mass is 10.2. The van der Waals surface area contributed by atoms with Gasteiger partial charge in [0.05, 0.1) is 28.7 Å². The summed E-state index contributed by atoms with van der Waals surface area (Å²) in [4.78, 5) is 21.6. The number of hydrogen-bond acceptors (Lipinski definition) is 4. The number of hydrogen-bond donors (Lipinski definition) is 1. The van der Waals surface area contributed by atoms with E-state index in [1.54, 1.807) is 6.33 Å². The molecule has 1 amide bonds. The smallest absolute Gasteiger partial charge is 0.226 e. The van der Waals surface area contributed by atoms with Crippen molar-refractivity contribution in [2.45, 2.75) is 13.0 Å². The Bertz CT molecular complexity index is 978. The molecule has 2 aromatic carbocycles. The van der Waals surface area contributed by atoms with Crippen LogP contribution < -0.4 is 10.2 Å². The molecule has 1 aliphatic heterocycles. The molecule has 28 heavy (non-hydrogen) atoms. The number of para-hydroxylation sites is 2. The molecule has 146 valence electrons. The molecule has 1 saturated heterocycles. The average Bonchev–Trinajstić information content (AvgIpc) is 3.11. The molecule has 0 radical (unpaired) electrons. The standard InChI is InChI=1S/C21H24ClN5O/c1-25-10-12-26(13-11-25)20-7-6-16(22)14-18(20)24-21(28)8-9-27-15-23-17-4-2-3-5-19(17)27/h2-7,14-15H,8-13H2,1H3,(H,24,28). The van der Waals surface area contributed by atoms with Crippen LogP contribution in [0.5, 0.6) is 0 Å². The number of anilines is 2. The molecule has 3 aromatic rings. The van der Waals surface area contributed by atoms with Gasteiger partial charge in [0.1, 0.15) is 0 Å². The molecule has 2 heterocycles. The van der Waals surface area contributed by atoms with Gasteiger partial charge in [0.2, 0.25) is 5.91 Å². The Morgan fingerprint density at radius 1 is 1.14 bits per heavy atom. The predicted octanol–water partition coefficient (Wildman–Crippen LogP) is 3.47. The maximum absolute atomic E-state index is 12.6. The number of carbonyl (C=O) groups excluding carboxylic acids is 1. The number of rotatable bonds is 5. The normalized spacial score (nSPS) is 15.1. The number of aryl methyl sites for hydroxylation is 1. The quantitative estimate of drug-likeness (QED) is 0.716. The summed E-state index contributed by atoms with van der Waals surface area (Å²) >= 11 is 6.20. The highest BCUT2D eigenvalue weighted by molar-refractivity contribution is 6.31. The van der Waals surface area contributed by atoms with Crippen LogP contribution in [0.3, 0.4) is 0 Å². The van der Waals surface area contributed by atoms with Crippen LogP contribution in [-0.4, -0.2) is 53.6 Å². The molecule has 0 bridgehead atoms. The molecule has 4 rings (SSSR count). The van der Waals surface area contributed by atoms with Gasteiger partial charge in [-0.3, -0.25) is 4.79 Å². The van der Waals surface area contributed by atoms with E-state index in [0.29, 0.717) is 18.0 Å². The minimum atomic E-state index is -0.0320. The van der Waals surface area contributed by atoms with E-state index in [9.17, 15) is 4.79 Å². The van der Waals surface area contributed by atoms with E-state index in [1.165, 1.54) is 0 Å². The summed E-state index contributed by atoms with van der Waals surface area (Å²) in [6.45, 7) is 4.45. The number of imidazole rings is 1. The lowest BCUT2D eigenvalue weighted by Crippen LogP contribution is -2.44. The molecule has 1 N–H and O–H groups in total. The van der Waals surface area contributed by atoms with Gasteiger partial charge in [0.15, 0.2) is 0 Å². The summed E-state index contributed by atoms with van der Waals surface area (Å²) in [7, 11) is 2.13. The minimum Gasteiger partial charge on any atom is -0.367 e. The molecule has 0 spiro atoms. The topological polar surface area (TPSA) is 53.4 Å². The van der Waals surface area contributed by atoms with E-state index in [1.807, 2.05) is 47.0 Å². The van der Waals surface area contributed by atoms with E-state index in [4.69, 9.17) is 11.6 Å². The average molecular weight is 398 g/mol. The molecule has 1 fully saturated rings. The van der Waals surface area contributed by atoms with E-state index in [-0.39, 0.29) is 5.91 Å². The first-order valence-corrected chi connectivity index (χ1v) is 9.91. The van der Waals surface area contributed by atoms with Gasteiger partial charge in [0, 0.05) is 44.2 Å². The number of nitrogens with one attached hydrogen (secondary N) is 1. The van der Waals surface area contributed by atoms with Gasteiger partial charge < -0.3 is 19.7 Å². The van der Waals surface area contributed by atoms with Crippen LogP contribution in [0, 0.1) is 0 Å². The monoisotopic (exact) mass is 397 g/mol. The second kappa shape index (κ2) is 8.20. The Morgan fingerprint density at radius 3 is 2.75 bits per heavy atom. The van der Waals surface area contributed by atoms with Crippen LogP contribution >= 0.6 is 11.6 Å². The van der Waals surface area contributed by atoms with Crippen molar-refractivity contribution in [3.63, 3.8) is 0 Å². The van der Waals surface area contributed by atoms with Crippen LogP contribution in [0.15, 0.2) is 48.8 Å². The molecule has 7 heteroatoms. The number of aromatic nitrogens is 2. The third-order valence-corrected chi connectivity index (χ3v) is 5.42. The zero-order valence-corrected chi connectivity index (χ0v) is 16.7. The fourth-order valence-electron chi connectivity index (χ4n) is 3.55. The van der Waals surface area contributed by atoms with Crippen molar-refractivity contribution in [3.8, 4) is 0 Å². The van der Waals surface area contributed by atoms with Crippen molar-refractivity contribution in [2.75, 3.05) is 43.4 Å². The third kappa shape index (κ3) is 4.13. The zero-order valence-electron chi connectivity index (χ0n) is 15.9. The summed E-state index contributed by atoms with van der Waals surface area (Å²) in [5.41, 5.74) is 3.78. The van der Waals surface area contributed by atoms with Crippen molar-refractivity contribution in [3.05, 3.63) is 53.8 Å². The Kier molecular flexibility index (Phi) is 5.50. The van der Waals surface area contributed by atoms with Crippen LogP contribution in [0.2, 0.25) is 5.02 Å². The fraction of sp³-hybridized carbons (Fsp3) is 0.333. The van der Waals surface area contributed by atoms with E-state index in [2.05, 4.69) is 27.1 Å². The number of nitrogens with zero attached hydrogens (tertiary/aromatic N) is 4. The summed E-state index contributed by atoms with van der Waals surface area (Å²) in [5.74, 6) is -0.0320. The summed E-state index contributed by atoms with van der Waals surface area (Å²) in [5, 5.41) is 3.68. The Balaban J connectivity index is 1.44. The number of likely N-dealkylation sites (N-methyl/N-ethyl adjacent to an activating group) is 1. The Labute approximate surface area is 169 Å². The van der Waals surface area contributed by atoms with E-state index in [0.717, 1.165) is 48.6 Å². The van der Waals surface area contributed by atoms with Gasteiger partial charge in [-0.2, -0.15) is 0 Å². The van der Waals surface area contributed by atoms with Crippen LogP contribution in [0.25, 0.3) is 11.0 Å². The molecule has 0 atom stereocenters. The van der Waals surface area contributed by atoms with Gasteiger partial charge in [-0.15, -0.1) is 0 Å². The molecule has 0 aliphatic carbocycles. The number of amides is 1. The van der Waals surface area contributed by atoms with Gasteiger partial charge in [0.25, 0.3) is 0 Å². The third-order valence-electron chi connectivity index (χ3n) is 5.18. The SMILES string of the molecule is CN1CCN(c2ccc(Cl)cc2NC(=O)CCn2cnc3ccccc32)CC1.